The Morgan fingerprint density at radius 3 is 2.48 bits per heavy atom. The Balaban J connectivity index is 2.23. The summed E-state index contributed by atoms with van der Waals surface area (Å²) in [6.45, 7) is 5.66. The smallest absolute Gasteiger partial charge is 0.323 e. The van der Waals surface area contributed by atoms with Gasteiger partial charge < -0.3 is 10.0 Å². The molecule has 1 amide bonds. The molecule has 0 atom stereocenters. The fraction of sp³-hybridized carbons (Fsp3) is 0.353. The molecule has 1 aromatic heterocycles. The minimum atomic E-state index is -1.03. The summed E-state index contributed by atoms with van der Waals surface area (Å²) in [5, 5.41) is 13.3. The minimum Gasteiger partial charge on any atom is -0.480 e. The second-order valence-corrected chi connectivity index (χ2v) is 5.71. The van der Waals surface area contributed by atoms with Crippen LogP contribution >= 0.6 is 0 Å². The van der Waals surface area contributed by atoms with Crippen LogP contribution in [0.2, 0.25) is 0 Å². The average Bonchev–Trinajstić information content (AvgIpc) is 2.86. The second-order valence-electron chi connectivity index (χ2n) is 5.71. The summed E-state index contributed by atoms with van der Waals surface area (Å²) in [7, 11) is 0. The lowest BCUT2D eigenvalue weighted by Crippen LogP contribution is -2.40. The van der Waals surface area contributed by atoms with Gasteiger partial charge >= 0.3 is 5.97 Å². The van der Waals surface area contributed by atoms with Gasteiger partial charge in [0.1, 0.15) is 6.54 Å². The number of hydrogen-bond acceptors (Lipinski definition) is 3. The van der Waals surface area contributed by atoms with Crippen molar-refractivity contribution < 1.29 is 14.7 Å². The van der Waals surface area contributed by atoms with Crippen LogP contribution in [0.15, 0.2) is 36.5 Å². The fourth-order valence-corrected chi connectivity index (χ4v) is 2.36. The van der Waals surface area contributed by atoms with E-state index in [0.717, 1.165) is 11.3 Å². The van der Waals surface area contributed by atoms with Crippen molar-refractivity contribution in [2.75, 3.05) is 6.54 Å². The van der Waals surface area contributed by atoms with Gasteiger partial charge in [0.2, 0.25) is 0 Å². The van der Waals surface area contributed by atoms with Gasteiger partial charge in [0.05, 0.1) is 18.3 Å². The van der Waals surface area contributed by atoms with Gasteiger partial charge in [0.25, 0.3) is 5.91 Å². The predicted octanol–water partition coefficient (Wildman–Crippen LogP) is 2.18. The molecule has 0 bridgehead atoms. The van der Waals surface area contributed by atoms with E-state index in [1.165, 1.54) is 11.1 Å². The quantitative estimate of drug-likeness (QED) is 0.886. The molecule has 6 heteroatoms. The Bertz CT molecular complexity index is 692. The van der Waals surface area contributed by atoms with Crippen molar-refractivity contribution in [2.24, 2.45) is 0 Å². The van der Waals surface area contributed by atoms with Gasteiger partial charge in [0, 0.05) is 11.7 Å². The molecule has 23 heavy (non-hydrogen) atoms. The normalized spacial score (nSPS) is 10.8. The van der Waals surface area contributed by atoms with Gasteiger partial charge in [-0.05, 0) is 26.3 Å². The molecular formula is C17H21N3O3. The molecule has 0 fully saturated rings. The number of carboxylic acids is 1. The third-order valence-corrected chi connectivity index (χ3v) is 3.70. The van der Waals surface area contributed by atoms with Crippen LogP contribution in [0.25, 0.3) is 0 Å². The summed E-state index contributed by atoms with van der Waals surface area (Å²) < 4.78 is 1.75. The van der Waals surface area contributed by atoms with Gasteiger partial charge in [-0.15, -0.1) is 0 Å². The Labute approximate surface area is 135 Å². The van der Waals surface area contributed by atoms with Crippen LogP contribution in [0.5, 0.6) is 0 Å². The first-order valence-electron chi connectivity index (χ1n) is 7.49. The molecule has 0 saturated carbocycles. The summed E-state index contributed by atoms with van der Waals surface area (Å²) in [6, 6.07) is 9.64. The summed E-state index contributed by atoms with van der Waals surface area (Å²) in [5.74, 6) is -1.33. The molecule has 0 radical (unpaired) electrons. The van der Waals surface area contributed by atoms with E-state index >= 15 is 0 Å². The maximum atomic E-state index is 12.6. The van der Waals surface area contributed by atoms with Crippen LogP contribution < -0.4 is 0 Å². The van der Waals surface area contributed by atoms with Gasteiger partial charge in [-0.25, -0.2) is 0 Å². The molecule has 0 aliphatic rings. The van der Waals surface area contributed by atoms with Crippen molar-refractivity contribution in [1.29, 1.82) is 0 Å². The highest BCUT2D eigenvalue weighted by atomic mass is 16.4. The van der Waals surface area contributed by atoms with E-state index in [9.17, 15) is 9.59 Å². The highest BCUT2D eigenvalue weighted by Gasteiger charge is 2.24. The van der Waals surface area contributed by atoms with E-state index in [1.807, 2.05) is 37.3 Å². The van der Waals surface area contributed by atoms with Crippen LogP contribution in [0.1, 0.15) is 35.5 Å². The third-order valence-electron chi connectivity index (χ3n) is 3.70. The third kappa shape index (κ3) is 3.97. The van der Waals surface area contributed by atoms with E-state index in [2.05, 4.69) is 5.10 Å². The van der Waals surface area contributed by atoms with Gasteiger partial charge in [-0.2, -0.15) is 5.10 Å². The predicted molar refractivity (Wildman–Crippen MR) is 86.3 cm³/mol. The molecule has 1 N–H and O–H groups in total. The van der Waals surface area contributed by atoms with E-state index < -0.39 is 5.97 Å². The molecule has 2 aromatic rings. The van der Waals surface area contributed by atoms with Crippen LogP contribution in [0, 0.1) is 6.92 Å². The maximum Gasteiger partial charge on any atom is 0.323 e. The van der Waals surface area contributed by atoms with Crippen molar-refractivity contribution in [1.82, 2.24) is 14.7 Å². The number of carbonyl (C=O) groups is 2. The summed E-state index contributed by atoms with van der Waals surface area (Å²) in [4.78, 5) is 24.9. The van der Waals surface area contributed by atoms with Crippen molar-refractivity contribution >= 4 is 11.9 Å². The molecule has 0 aliphatic carbocycles. The molecule has 1 aromatic carbocycles. The number of aromatic nitrogens is 2. The molecule has 122 valence electrons. The zero-order chi connectivity index (χ0) is 17.0. The fourth-order valence-electron chi connectivity index (χ4n) is 2.36. The van der Waals surface area contributed by atoms with E-state index in [-0.39, 0.29) is 18.5 Å². The largest absolute Gasteiger partial charge is 0.480 e. The Morgan fingerprint density at radius 1 is 1.26 bits per heavy atom. The lowest BCUT2D eigenvalue weighted by molar-refractivity contribution is -0.138. The monoisotopic (exact) mass is 315 g/mol. The van der Waals surface area contributed by atoms with Gasteiger partial charge in [-0.1, -0.05) is 30.3 Å². The SMILES string of the molecule is Cc1c(C(=O)N(CC(=O)O)C(C)C)cnn1Cc1ccccc1. The van der Waals surface area contributed by atoms with Crippen LogP contribution in [-0.4, -0.2) is 44.3 Å². The molecular weight excluding hydrogens is 294 g/mol. The number of benzene rings is 1. The molecule has 1 heterocycles. The summed E-state index contributed by atoms with van der Waals surface area (Å²) in [6.07, 6.45) is 1.51. The first kappa shape index (κ1) is 16.7. The van der Waals surface area contributed by atoms with Crippen molar-refractivity contribution in [3.05, 3.63) is 53.3 Å². The number of nitrogens with zero attached hydrogens (tertiary/aromatic N) is 3. The molecule has 0 aliphatic heterocycles. The first-order chi connectivity index (χ1) is 10.9. The standard InChI is InChI=1S/C17H21N3O3/c1-12(2)19(11-16(21)22)17(23)15-9-18-20(13(15)3)10-14-7-5-4-6-8-14/h4-9,12H,10-11H2,1-3H3,(H,21,22). The molecule has 2 rings (SSSR count). The van der Waals surface area contributed by atoms with Crippen LogP contribution in [-0.2, 0) is 11.3 Å². The number of hydrogen-bond donors (Lipinski definition) is 1. The molecule has 6 nitrogen and oxygen atoms in total. The highest BCUT2D eigenvalue weighted by molar-refractivity contribution is 5.96. The molecule has 0 unspecified atom stereocenters. The lowest BCUT2D eigenvalue weighted by atomic mass is 10.2. The number of rotatable bonds is 6. The zero-order valence-corrected chi connectivity index (χ0v) is 13.6. The zero-order valence-electron chi connectivity index (χ0n) is 13.6. The van der Waals surface area contributed by atoms with Gasteiger partial charge in [0.15, 0.2) is 0 Å². The summed E-state index contributed by atoms with van der Waals surface area (Å²) >= 11 is 0. The highest BCUT2D eigenvalue weighted by Crippen LogP contribution is 2.14. The van der Waals surface area contributed by atoms with Crippen molar-refractivity contribution in [3.63, 3.8) is 0 Å². The van der Waals surface area contributed by atoms with E-state index in [1.54, 1.807) is 18.5 Å². The first-order valence-corrected chi connectivity index (χ1v) is 7.49. The Hall–Kier alpha value is -2.63. The van der Waals surface area contributed by atoms with E-state index in [0.29, 0.717) is 12.1 Å². The summed E-state index contributed by atoms with van der Waals surface area (Å²) in [5.41, 5.74) is 2.26. The molecule has 0 spiro atoms. The number of aliphatic carboxylic acids is 1. The van der Waals surface area contributed by atoms with E-state index in [4.69, 9.17) is 5.11 Å². The second kappa shape index (κ2) is 7.09. The number of carboxylic acid groups (broad SMARTS) is 1. The number of carbonyl (C=O) groups excluding carboxylic acids is 1. The maximum absolute atomic E-state index is 12.6. The van der Waals surface area contributed by atoms with Gasteiger partial charge in [-0.3, -0.25) is 14.3 Å². The topological polar surface area (TPSA) is 75.4 Å². The molecule has 0 saturated heterocycles. The average molecular weight is 315 g/mol. The Kier molecular flexibility index (Phi) is 5.16. The van der Waals surface area contributed by atoms with Crippen molar-refractivity contribution in [3.8, 4) is 0 Å². The van der Waals surface area contributed by atoms with Crippen molar-refractivity contribution in [2.45, 2.75) is 33.4 Å². The van der Waals surface area contributed by atoms with Crippen LogP contribution in [0.3, 0.4) is 0 Å². The minimum absolute atomic E-state index is 0.199. The lowest BCUT2D eigenvalue weighted by Gasteiger charge is -2.24. The Morgan fingerprint density at radius 2 is 1.91 bits per heavy atom. The number of amides is 1. The van der Waals surface area contributed by atoms with Crippen LogP contribution in [0.4, 0.5) is 0 Å².